The first kappa shape index (κ1) is 19.5. The summed E-state index contributed by atoms with van der Waals surface area (Å²) in [6, 6.07) is 17.2. The minimum Gasteiger partial charge on any atom is -0.454 e. The van der Waals surface area contributed by atoms with E-state index in [9.17, 15) is 9.59 Å². The molecule has 3 rings (SSSR count). The molecule has 0 saturated carbocycles. The lowest BCUT2D eigenvalue weighted by Gasteiger charge is -2.12. The minimum atomic E-state index is -0.799. The summed E-state index contributed by atoms with van der Waals surface area (Å²) in [4.78, 5) is 24.6. The number of hydrogen-bond donors (Lipinski definition) is 0. The van der Waals surface area contributed by atoms with E-state index in [0.29, 0.717) is 12.0 Å². The molecule has 0 amide bonds. The summed E-state index contributed by atoms with van der Waals surface area (Å²) < 4.78 is 7.09. The third-order valence-corrected chi connectivity index (χ3v) is 4.60. The zero-order valence-corrected chi connectivity index (χ0v) is 16.2. The highest BCUT2D eigenvalue weighted by Gasteiger charge is 2.19. The highest BCUT2D eigenvalue weighted by molar-refractivity contribution is 6.00. The lowest BCUT2D eigenvalue weighted by Crippen LogP contribution is -2.24. The van der Waals surface area contributed by atoms with Crippen LogP contribution in [0.5, 0.6) is 0 Å². The molecule has 0 spiro atoms. The van der Waals surface area contributed by atoms with Crippen LogP contribution in [0.3, 0.4) is 0 Å². The third-order valence-electron chi connectivity index (χ3n) is 4.60. The van der Waals surface area contributed by atoms with Crippen molar-refractivity contribution in [2.45, 2.75) is 39.2 Å². The Bertz CT molecular complexity index is 930. The number of esters is 1. The van der Waals surface area contributed by atoms with Gasteiger partial charge in [-0.15, -0.1) is 0 Å². The summed E-state index contributed by atoms with van der Waals surface area (Å²) in [5.41, 5.74) is 3.62. The molecule has 2 aromatic carbocycles. The molecule has 28 heavy (non-hydrogen) atoms. The average Bonchev–Trinajstić information content (AvgIpc) is 3.21. The fraction of sp³-hybridized carbons (Fsp3) is 0.261. The van der Waals surface area contributed by atoms with Gasteiger partial charge in [0.25, 0.3) is 0 Å². The van der Waals surface area contributed by atoms with Gasteiger partial charge in [0, 0.05) is 18.2 Å². The molecule has 0 fully saturated rings. The molecule has 0 radical (unpaired) electrons. The maximum absolute atomic E-state index is 12.4. The van der Waals surface area contributed by atoms with E-state index in [1.54, 1.807) is 29.9 Å². The predicted octanol–water partition coefficient (Wildman–Crippen LogP) is 4.18. The van der Waals surface area contributed by atoms with Crippen LogP contribution in [-0.2, 0) is 22.4 Å². The molecule has 0 aliphatic heterocycles. The number of aryl methyl sites for hydroxylation is 2. The lowest BCUT2D eigenvalue weighted by atomic mass is 10.0. The van der Waals surface area contributed by atoms with Gasteiger partial charge in [-0.1, -0.05) is 49.4 Å². The predicted molar refractivity (Wildman–Crippen MR) is 108 cm³/mol. The van der Waals surface area contributed by atoms with E-state index in [4.69, 9.17) is 4.74 Å². The van der Waals surface area contributed by atoms with Crippen molar-refractivity contribution in [3.8, 4) is 5.69 Å². The molecule has 5 nitrogen and oxygen atoms in total. The standard InChI is InChI=1S/C23H24N2O3/c1-3-18-9-12-20(13-10-18)23(27)17(2)28-22(26)14-11-19-15-24-25(16-19)21-7-5-4-6-8-21/h4-10,12-13,15-17H,3,11,14H2,1-2H3. The van der Waals surface area contributed by atoms with Gasteiger partial charge in [-0.2, -0.15) is 5.10 Å². The third kappa shape index (κ3) is 4.94. The summed E-state index contributed by atoms with van der Waals surface area (Å²) in [5, 5.41) is 4.32. The number of hydrogen-bond acceptors (Lipinski definition) is 4. The van der Waals surface area contributed by atoms with Crippen LogP contribution in [0.1, 0.15) is 41.8 Å². The van der Waals surface area contributed by atoms with E-state index in [-0.39, 0.29) is 12.2 Å². The summed E-state index contributed by atoms with van der Waals surface area (Å²) in [5.74, 6) is -0.577. The number of Topliss-reactive ketones (excluding diaryl/α,β-unsaturated/α-hetero) is 1. The number of ether oxygens (including phenoxy) is 1. The Labute approximate surface area is 165 Å². The van der Waals surface area contributed by atoms with Gasteiger partial charge in [0.2, 0.25) is 5.78 Å². The molecule has 1 atom stereocenters. The Hall–Kier alpha value is -3.21. The second-order valence-electron chi connectivity index (χ2n) is 6.68. The smallest absolute Gasteiger partial charge is 0.306 e. The van der Waals surface area contributed by atoms with Gasteiger partial charge < -0.3 is 4.74 Å². The van der Waals surface area contributed by atoms with Gasteiger partial charge in [-0.25, -0.2) is 4.68 Å². The normalized spacial score (nSPS) is 11.8. The number of para-hydroxylation sites is 1. The number of carbonyl (C=O) groups excluding carboxylic acids is 2. The van der Waals surface area contributed by atoms with Crippen molar-refractivity contribution < 1.29 is 14.3 Å². The molecular formula is C23H24N2O3. The molecule has 5 heteroatoms. The van der Waals surface area contributed by atoms with E-state index >= 15 is 0 Å². The van der Waals surface area contributed by atoms with Crippen molar-refractivity contribution in [1.29, 1.82) is 0 Å². The second kappa shape index (κ2) is 9.13. The molecule has 0 aliphatic carbocycles. The van der Waals surface area contributed by atoms with Crippen LogP contribution in [-0.4, -0.2) is 27.6 Å². The summed E-state index contributed by atoms with van der Waals surface area (Å²) in [6.45, 7) is 3.67. The molecule has 1 aromatic heterocycles. The Morgan fingerprint density at radius 2 is 1.75 bits per heavy atom. The zero-order chi connectivity index (χ0) is 19.9. The summed E-state index contributed by atoms with van der Waals surface area (Å²) >= 11 is 0. The number of ketones is 1. The zero-order valence-electron chi connectivity index (χ0n) is 16.2. The van der Waals surface area contributed by atoms with Gasteiger partial charge in [-0.05, 0) is 43.0 Å². The van der Waals surface area contributed by atoms with E-state index in [1.165, 1.54) is 0 Å². The Morgan fingerprint density at radius 1 is 1.04 bits per heavy atom. The van der Waals surface area contributed by atoms with Crippen LogP contribution in [0.15, 0.2) is 67.0 Å². The van der Waals surface area contributed by atoms with Crippen LogP contribution in [0.2, 0.25) is 0 Å². The maximum atomic E-state index is 12.4. The molecule has 0 bridgehead atoms. The van der Waals surface area contributed by atoms with Crippen LogP contribution < -0.4 is 0 Å². The molecule has 3 aromatic rings. The summed E-state index contributed by atoms with van der Waals surface area (Å²) in [6.07, 6.45) is 4.47. The highest BCUT2D eigenvalue weighted by atomic mass is 16.5. The van der Waals surface area contributed by atoms with Crippen molar-refractivity contribution in [2.75, 3.05) is 0 Å². The van der Waals surface area contributed by atoms with E-state index in [2.05, 4.69) is 12.0 Å². The highest BCUT2D eigenvalue weighted by Crippen LogP contribution is 2.12. The summed E-state index contributed by atoms with van der Waals surface area (Å²) in [7, 11) is 0. The van der Waals surface area contributed by atoms with Crippen molar-refractivity contribution in [3.63, 3.8) is 0 Å². The molecule has 0 N–H and O–H groups in total. The molecule has 0 saturated heterocycles. The van der Waals surface area contributed by atoms with Gasteiger partial charge >= 0.3 is 5.97 Å². The number of aromatic nitrogens is 2. The molecular weight excluding hydrogens is 352 g/mol. The van der Waals surface area contributed by atoms with Gasteiger partial charge in [0.05, 0.1) is 11.9 Å². The Kier molecular flexibility index (Phi) is 6.37. The second-order valence-corrected chi connectivity index (χ2v) is 6.68. The first-order chi connectivity index (χ1) is 13.6. The van der Waals surface area contributed by atoms with Gasteiger partial charge in [-0.3, -0.25) is 9.59 Å². The van der Waals surface area contributed by atoms with Gasteiger partial charge in [0.1, 0.15) is 0 Å². The molecule has 1 unspecified atom stereocenters. The van der Waals surface area contributed by atoms with Crippen LogP contribution >= 0.6 is 0 Å². The number of nitrogens with zero attached hydrogens (tertiary/aromatic N) is 2. The van der Waals surface area contributed by atoms with E-state index in [1.807, 2.05) is 48.7 Å². The first-order valence-electron chi connectivity index (χ1n) is 9.48. The number of benzene rings is 2. The van der Waals surface area contributed by atoms with Crippen molar-refractivity contribution >= 4 is 11.8 Å². The monoisotopic (exact) mass is 376 g/mol. The quantitative estimate of drug-likeness (QED) is 0.437. The SMILES string of the molecule is CCc1ccc(C(=O)C(C)OC(=O)CCc2cnn(-c3ccccc3)c2)cc1. The Morgan fingerprint density at radius 3 is 2.43 bits per heavy atom. The molecule has 144 valence electrons. The molecule has 0 aliphatic rings. The largest absolute Gasteiger partial charge is 0.454 e. The fourth-order valence-electron chi connectivity index (χ4n) is 2.91. The number of carbonyl (C=O) groups is 2. The van der Waals surface area contributed by atoms with Crippen molar-refractivity contribution in [1.82, 2.24) is 9.78 Å². The van der Waals surface area contributed by atoms with E-state index < -0.39 is 12.1 Å². The molecule has 1 heterocycles. The first-order valence-corrected chi connectivity index (χ1v) is 9.48. The van der Waals surface area contributed by atoms with Crippen molar-refractivity contribution in [3.05, 3.63) is 83.7 Å². The van der Waals surface area contributed by atoms with Crippen LogP contribution in [0.25, 0.3) is 5.69 Å². The lowest BCUT2D eigenvalue weighted by molar-refractivity contribution is -0.146. The van der Waals surface area contributed by atoms with Crippen molar-refractivity contribution in [2.24, 2.45) is 0 Å². The minimum absolute atomic E-state index is 0.187. The van der Waals surface area contributed by atoms with E-state index in [0.717, 1.165) is 23.2 Å². The van der Waals surface area contributed by atoms with Crippen LogP contribution in [0, 0.1) is 0 Å². The fourth-order valence-corrected chi connectivity index (χ4v) is 2.91. The number of rotatable bonds is 8. The average molecular weight is 376 g/mol. The van der Waals surface area contributed by atoms with Gasteiger partial charge in [0.15, 0.2) is 6.10 Å². The van der Waals surface area contributed by atoms with Crippen LogP contribution in [0.4, 0.5) is 0 Å². The topological polar surface area (TPSA) is 61.2 Å². The maximum Gasteiger partial charge on any atom is 0.306 e. The Balaban J connectivity index is 1.51.